The number of rotatable bonds is 4. The normalized spacial score (nSPS) is 16.5. The Bertz CT molecular complexity index is 197. The Kier molecular flexibility index (Phi) is 3.67. The molecule has 0 aromatic carbocycles. The summed E-state index contributed by atoms with van der Waals surface area (Å²) >= 11 is 0. The molecule has 68 valence electrons. The molecule has 0 fully saturated rings. The highest BCUT2D eigenvalue weighted by Crippen LogP contribution is 2.16. The molecule has 0 aliphatic heterocycles. The van der Waals surface area contributed by atoms with Crippen LogP contribution in [0.5, 0.6) is 0 Å². The van der Waals surface area contributed by atoms with Crippen LogP contribution < -0.4 is 11.1 Å². The van der Waals surface area contributed by atoms with Gasteiger partial charge < -0.3 is 15.8 Å². The van der Waals surface area contributed by atoms with Crippen LogP contribution in [-0.2, 0) is 4.74 Å². The van der Waals surface area contributed by atoms with Gasteiger partial charge in [0.15, 0.2) is 0 Å². The van der Waals surface area contributed by atoms with Gasteiger partial charge in [0.25, 0.3) is 0 Å². The van der Waals surface area contributed by atoms with Gasteiger partial charge in [-0.1, -0.05) is 0 Å². The van der Waals surface area contributed by atoms with E-state index in [0.29, 0.717) is 6.54 Å². The maximum Gasteiger partial charge on any atom is 0.0959 e. The highest BCUT2D eigenvalue weighted by atomic mass is 16.5. The van der Waals surface area contributed by atoms with Gasteiger partial charge in [-0.05, 0) is 18.6 Å². The average molecular weight is 168 g/mol. The Morgan fingerprint density at radius 3 is 2.83 bits per heavy atom. The summed E-state index contributed by atoms with van der Waals surface area (Å²) in [5.74, 6) is 1.05. The molecule has 3 N–H and O–H groups in total. The fourth-order valence-corrected chi connectivity index (χ4v) is 1.17. The van der Waals surface area contributed by atoms with Crippen molar-refractivity contribution >= 4 is 0 Å². The minimum atomic E-state index is 0.679. The number of ether oxygens (including phenoxy) is 1. The first-order chi connectivity index (χ1) is 5.86. The van der Waals surface area contributed by atoms with E-state index in [4.69, 9.17) is 10.5 Å². The van der Waals surface area contributed by atoms with Crippen LogP contribution in [-0.4, -0.2) is 20.2 Å². The van der Waals surface area contributed by atoms with E-state index in [9.17, 15) is 0 Å². The van der Waals surface area contributed by atoms with Crippen LogP contribution in [0.25, 0.3) is 0 Å². The molecule has 0 saturated carbocycles. The van der Waals surface area contributed by atoms with Gasteiger partial charge in [-0.2, -0.15) is 0 Å². The number of methoxy groups -OCH3 is 1. The Balaban J connectivity index is 2.37. The molecule has 12 heavy (non-hydrogen) atoms. The summed E-state index contributed by atoms with van der Waals surface area (Å²) in [5, 5.41) is 3.25. The van der Waals surface area contributed by atoms with Gasteiger partial charge in [-0.3, -0.25) is 0 Å². The number of nitrogens with one attached hydrogen (secondary N) is 1. The third-order valence-corrected chi connectivity index (χ3v) is 1.87. The predicted octanol–water partition coefficient (Wildman–Crippen LogP) is 0.743. The molecule has 0 amide bonds. The zero-order chi connectivity index (χ0) is 8.81. The van der Waals surface area contributed by atoms with Crippen molar-refractivity contribution in [2.24, 2.45) is 5.73 Å². The topological polar surface area (TPSA) is 47.3 Å². The van der Waals surface area contributed by atoms with Crippen molar-refractivity contribution < 1.29 is 4.74 Å². The van der Waals surface area contributed by atoms with Crippen molar-refractivity contribution in [1.82, 2.24) is 5.32 Å². The maximum absolute atomic E-state index is 5.37. The predicted molar refractivity (Wildman–Crippen MR) is 49.5 cm³/mol. The number of allylic oxidation sites excluding steroid dienone is 4. The second-order valence-electron chi connectivity index (χ2n) is 2.74. The molecule has 0 radical (unpaired) electrons. The smallest absolute Gasteiger partial charge is 0.0959 e. The fourth-order valence-electron chi connectivity index (χ4n) is 1.17. The lowest BCUT2D eigenvalue weighted by Crippen LogP contribution is -2.22. The molecule has 0 saturated heterocycles. The largest absolute Gasteiger partial charge is 0.501 e. The standard InChI is InChI=1S/C9H16N2O/c1-12-9-4-2-8(3-5-9)11-7-6-10/h2,4,11H,3,5-7,10H2,1H3. The molecule has 0 unspecified atom stereocenters. The minimum absolute atomic E-state index is 0.679. The van der Waals surface area contributed by atoms with Crippen LogP contribution in [0, 0.1) is 0 Å². The van der Waals surface area contributed by atoms with Gasteiger partial charge in [0.2, 0.25) is 0 Å². The van der Waals surface area contributed by atoms with Gasteiger partial charge in [0, 0.05) is 25.2 Å². The summed E-state index contributed by atoms with van der Waals surface area (Å²) in [6.45, 7) is 1.53. The molecule has 0 aromatic heterocycles. The van der Waals surface area contributed by atoms with Crippen LogP contribution in [0.3, 0.4) is 0 Å². The molecule has 3 nitrogen and oxygen atoms in total. The summed E-state index contributed by atoms with van der Waals surface area (Å²) in [5.41, 5.74) is 6.62. The molecular weight excluding hydrogens is 152 g/mol. The Hall–Kier alpha value is -0.960. The fraction of sp³-hybridized carbons (Fsp3) is 0.556. The first-order valence-corrected chi connectivity index (χ1v) is 4.24. The first-order valence-electron chi connectivity index (χ1n) is 4.24. The van der Waals surface area contributed by atoms with Crippen molar-refractivity contribution in [3.63, 3.8) is 0 Å². The van der Waals surface area contributed by atoms with Crippen LogP contribution in [0.1, 0.15) is 12.8 Å². The third-order valence-electron chi connectivity index (χ3n) is 1.87. The van der Waals surface area contributed by atoms with E-state index in [1.54, 1.807) is 7.11 Å². The highest BCUT2D eigenvalue weighted by Gasteiger charge is 2.04. The minimum Gasteiger partial charge on any atom is -0.501 e. The molecule has 0 atom stereocenters. The first kappa shape index (κ1) is 9.13. The SMILES string of the molecule is COC1=CC=C(NCCN)CC1. The van der Waals surface area contributed by atoms with Crippen LogP contribution in [0.2, 0.25) is 0 Å². The van der Waals surface area contributed by atoms with Gasteiger partial charge in [0.1, 0.15) is 0 Å². The van der Waals surface area contributed by atoms with E-state index >= 15 is 0 Å². The molecule has 0 bridgehead atoms. The zero-order valence-electron chi connectivity index (χ0n) is 7.47. The zero-order valence-corrected chi connectivity index (χ0v) is 7.47. The summed E-state index contributed by atoms with van der Waals surface area (Å²) in [7, 11) is 1.71. The van der Waals surface area contributed by atoms with Crippen molar-refractivity contribution in [3.05, 3.63) is 23.6 Å². The number of hydrogen-bond acceptors (Lipinski definition) is 3. The lowest BCUT2D eigenvalue weighted by molar-refractivity contribution is 0.275. The van der Waals surface area contributed by atoms with E-state index in [2.05, 4.69) is 11.4 Å². The van der Waals surface area contributed by atoms with E-state index < -0.39 is 0 Å². The van der Waals surface area contributed by atoms with E-state index in [0.717, 1.165) is 25.1 Å². The molecular formula is C9H16N2O. The number of nitrogens with two attached hydrogens (primary N) is 1. The van der Waals surface area contributed by atoms with Crippen molar-refractivity contribution in [2.45, 2.75) is 12.8 Å². The molecule has 0 aromatic rings. The van der Waals surface area contributed by atoms with Crippen molar-refractivity contribution in [2.75, 3.05) is 20.2 Å². The van der Waals surface area contributed by atoms with Crippen molar-refractivity contribution in [3.8, 4) is 0 Å². The van der Waals surface area contributed by atoms with Crippen molar-refractivity contribution in [1.29, 1.82) is 0 Å². The molecule has 1 aliphatic rings. The second-order valence-corrected chi connectivity index (χ2v) is 2.74. The Morgan fingerprint density at radius 2 is 2.33 bits per heavy atom. The molecule has 3 heteroatoms. The molecule has 1 aliphatic carbocycles. The van der Waals surface area contributed by atoms with Gasteiger partial charge in [0.05, 0.1) is 12.9 Å². The molecule has 0 spiro atoms. The Morgan fingerprint density at radius 1 is 1.50 bits per heavy atom. The molecule has 0 heterocycles. The lowest BCUT2D eigenvalue weighted by Gasteiger charge is -2.14. The monoisotopic (exact) mass is 168 g/mol. The number of hydrogen-bond donors (Lipinski definition) is 2. The maximum atomic E-state index is 5.37. The Labute approximate surface area is 73.3 Å². The third kappa shape index (κ3) is 2.58. The molecule has 1 rings (SSSR count). The summed E-state index contributed by atoms with van der Waals surface area (Å²) in [6, 6.07) is 0. The lowest BCUT2D eigenvalue weighted by atomic mass is 10.1. The van der Waals surface area contributed by atoms with Crippen LogP contribution in [0.15, 0.2) is 23.6 Å². The highest BCUT2D eigenvalue weighted by molar-refractivity contribution is 5.19. The van der Waals surface area contributed by atoms with Gasteiger partial charge in [-0.15, -0.1) is 0 Å². The second kappa shape index (κ2) is 4.83. The van der Waals surface area contributed by atoms with E-state index in [-0.39, 0.29) is 0 Å². The summed E-state index contributed by atoms with van der Waals surface area (Å²) < 4.78 is 5.11. The van der Waals surface area contributed by atoms with E-state index in [1.165, 1.54) is 5.70 Å². The summed E-state index contributed by atoms with van der Waals surface area (Å²) in [6.07, 6.45) is 6.07. The quantitative estimate of drug-likeness (QED) is 0.651. The summed E-state index contributed by atoms with van der Waals surface area (Å²) in [4.78, 5) is 0. The van der Waals surface area contributed by atoms with E-state index in [1.807, 2.05) is 6.08 Å². The average Bonchev–Trinajstić information content (AvgIpc) is 2.15. The van der Waals surface area contributed by atoms with Crippen LogP contribution in [0.4, 0.5) is 0 Å². The van der Waals surface area contributed by atoms with Crippen LogP contribution >= 0.6 is 0 Å². The van der Waals surface area contributed by atoms with Gasteiger partial charge >= 0.3 is 0 Å². The van der Waals surface area contributed by atoms with Gasteiger partial charge in [-0.25, -0.2) is 0 Å².